The predicted molar refractivity (Wildman–Crippen MR) is 77.3 cm³/mol. The number of hydrogen-bond donors (Lipinski definition) is 2. The molecule has 2 rings (SSSR count). The lowest BCUT2D eigenvalue weighted by Crippen LogP contribution is -2.34. The van der Waals surface area contributed by atoms with Crippen molar-refractivity contribution in [3.8, 4) is 5.75 Å². The summed E-state index contributed by atoms with van der Waals surface area (Å²) in [6.07, 6.45) is 3.24. The van der Waals surface area contributed by atoms with E-state index in [9.17, 15) is 9.50 Å². The van der Waals surface area contributed by atoms with Gasteiger partial charge in [-0.15, -0.1) is 0 Å². The molecule has 0 heterocycles. The molecule has 1 fully saturated rings. The van der Waals surface area contributed by atoms with E-state index in [1.165, 1.54) is 25.3 Å². The van der Waals surface area contributed by atoms with Crippen LogP contribution in [0.15, 0.2) is 24.3 Å². The summed E-state index contributed by atoms with van der Waals surface area (Å²) in [5, 5.41) is 13.1. The maximum absolute atomic E-state index is 13.3. The molecule has 3 nitrogen and oxygen atoms in total. The van der Waals surface area contributed by atoms with Gasteiger partial charge >= 0.3 is 0 Å². The molecular weight excluding hydrogens is 257 g/mol. The zero-order valence-corrected chi connectivity index (χ0v) is 12.0. The van der Waals surface area contributed by atoms with Gasteiger partial charge in [0.05, 0.1) is 0 Å². The second-order valence-corrected chi connectivity index (χ2v) is 5.84. The van der Waals surface area contributed by atoms with Gasteiger partial charge in [-0.3, -0.25) is 0 Å². The molecule has 1 aromatic rings. The van der Waals surface area contributed by atoms with Gasteiger partial charge in [0.25, 0.3) is 0 Å². The number of halogens is 1. The Bertz CT molecular complexity index is 413. The molecule has 4 heteroatoms. The van der Waals surface area contributed by atoms with Gasteiger partial charge in [0.15, 0.2) is 11.6 Å². The minimum absolute atomic E-state index is 0.106. The molecule has 20 heavy (non-hydrogen) atoms. The van der Waals surface area contributed by atoms with Crippen LogP contribution in [0.1, 0.15) is 26.2 Å². The topological polar surface area (TPSA) is 41.5 Å². The smallest absolute Gasteiger partial charge is 0.165 e. The van der Waals surface area contributed by atoms with E-state index >= 15 is 0 Å². The van der Waals surface area contributed by atoms with E-state index < -0.39 is 11.9 Å². The Morgan fingerprint density at radius 3 is 2.90 bits per heavy atom. The number of aliphatic hydroxyl groups excluding tert-OH is 1. The summed E-state index contributed by atoms with van der Waals surface area (Å²) in [5.74, 6) is 1.35. The average molecular weight is 281 g/mol. The third-order valence-electron chi connectivity index (χ3n) is 3.88. The van der Waals surface area contributed by atoms with E-state index in [2.05, 4.69) is 12.2 Å². The number of rotatable bonds is 7. The number of hydrogen-bond acceptors (Lipinski definition) is 3. The van der Waals surface area contributed by atoms with Crippen LogP contribution in [0.25, 0.3) is 0 Å². The molecule has 1 aliphatic carbocycles. The quantitative estimate of drug-likeness (QED) is 0.807. The molecule has 0 aliphatic heterocycles. The first-order chi connectivity index (χ1) is 9.65. The molecule has 0 saturated heterocycles. The Hall–Kier alpha value is -1.13. The van der Waals surface area contributed by atoms with Gasteiger partial charge in [-0.25, -0.2) is 4.39 Å². The number of para-hydroxylation sites is 1. The van der Waals surface area contributed by atoms with Crippen molar-refractivity contribution >= 4 is 0 Å². The Balaban J connectivity index is 1.61. The van der Waals surface area contributed by atoms with E-state index in [1.54, 1.807) is 18.2 Å². The fourth-order valence-corrected chi connectivity index (χ4v) is 2.77. The van der Waals surface area contributed by atoms with Crippen molar-refractivity contribution in [3.05, 3.63) is 30.1 Å². The highest BCUT2D eigenvalue weighted by atomic mass is 19.1. The van der Waals surface area contributed by atoms with Crippen LogP contribution in [0.3, 0.4) is 0 Å². The maximum Gasteiger partial charge on any atom is 0.165 e. The average Bonchev–Trinajstić information content (AvgIpc) is 2.83. The molecule has 1 saturated carbocycles. The standard InChI is InChI=1S/C16H24FNO2/c1-12-6-7-13(8-12)9-18-10-14(19)11-20-16-5-3-2-4-15(16)17/h2-5,12-14,18-19H,6-11H2,1H3. The van der Waals surface area contributed by atoms with E-state index in [4.69, 9.17) is 4.74 Å². The van der Waals surface area contributed by atoms with Gasteiger partial charge < -0.3 is 15.2 Å². The zero-order chi connectivity index (χ0) is 14.4. The van der Waals surface area contributed by atoms with Crippen LogP contribution in [0.2, 0.25) is 0 Å². The van der Waals surface area contributed by atoms with Crippen LogP contribution in [0.4, 0.5) is 4.39 Å². The van der Waals surface area contributed by atoms with Gasteiger partial charge in [-0.1, -0.05) is 25.5 Å². The minimum Gasteiger partial charge on any atom is -0.488 e. The summed E-state index contributed by atoms with van der Waals surface area (Å²) < 4.78 is 18.6. The summed E-state index contributed by atoms with van der Waals surface area (Å²) in [5.41, 5.74) is 0. The molecule has 1 aliphatic rings. The van der Waals surface area contributed by atoms with Crippen LogP contribution in [0, 0.1) is 17.7 Å². The fraction of sp³-hybridized carbons (Fsp3) is 0.625. The largest absolute Gasteiger partial charge is 0.488 e. The zero-order valence-electron chi connectivity index (χ0n) is 12.0. The molecule has 2 N–H and O–H groups in total. The summed E-state index contributed by atoms with van der Waals surface area (Å²) in [4.78, 5) is 0. The van der Waals surface area contributed by atoms with Crippen molar-refractivity contribution in [1.82, 2.24) is 5.32 Å². The van der Waals surface area contributed by atoms with Crippen molar-refractivity contribution < 1.29 is 14.2 Å². The van der Waals surface area contributed by atoms with E-state index in [-0.39, 0.29) is 12.4 Å². The molecule has 112 valence electrons. The molecule has 3 unspecified atom stereocenters. The summed E-state index contributed by atoms with van der Waals surface area (Å²) in [7, 11) is 0. The molecule has 0 bridgehead atoms. The highest BCUT2D eigenvalue weighted by molar-refractivity contribution is 5.23. The van der Waals surface area contributed by atoms with Gasteiger partial charge in [-0.05, 0) is 43.4 Å². The van der Waals surface area contributed by atoms with E-state index in [0.717, 1.165) is 18.4 Å². The predicted octanol–water partition coefficient (Wildman–Crippen LogP) is 2.59. The third-order valence-corrected chi connectivity index (χ3v) is 3.88. The Kier molecular flexibility index (Phi) is 5.80. The molecule has 1 aromatic carbocycles. The van der Waals surface area contributed by atoms with Crippen molar-refractivity contribution in [1.29, 1.82) is 0 Å². The Labute approximate surface area is 120 Å². The van der Waals surface area contributed by atoms with Gasteiger partial charge in [0.2, 0.25) is 0 Å². The minimum atomic E-state index is -0.617. The summed E-state index contributed by atoms with van der Waals surface area (Å²) in [6.45, 7) is 3.83. The Morgan fingerprint density at radius 2 is 2.20 bits per heavy atom. The van der Waals surface area contributed by atoms with Gasteiger partial charge in [-0.2, -0.15) is 0 Å². The molecule has 0 aromatic heterocycles. The van der Waals surface area contributed by atoms with Crippen molar-refractivity contribution in [2.75, 3.05) is 19.7 Å². The summed E-state index contributed by atoms with van der Waals surface area (Å²) in [6, 6.07) is 6.24. The lowest BCUT2D eigenvalue weighted by molar-refractivity contribution is 0.103. The molecule has 0 spiro atoms. The third kappa shape index (κ3) is 4.76. The van der Waals surface area contributed by atoms with Crippen LogP contribution >= 0.6 is 0 Å². The second-order valence-electron chi connectivity index (χ2n) is 5.84. The first-order valence-corrected chi connectivity index (χ1v) is 7.41. The molecular formula is C16H24FNO2. The van der Waals surface area contributed by atoms with Crippen LogP contribution in [-0.2, 0) is 0 Å². The highest BCUT2D eigenvalue weighted by Crippen LogP contribution is 2.29. The lowest BCUT2D eigenvalue weighted by Gasteiger charge is -2.15. The van der Waals surface area contributed by atoms with Gasteiger partial charge in [0, 0.05) is 6.54 Å². The van der Waals surface area contributed by atoms with Crippen molar-refractivity contribution in [2.45, 2.75) is 32.3 Å². The Morgan fingerprint density at radius 1 is 1.40 bits per heavy atom. The first kappa shape index (κ1) is 15.3. The van der Waals surface area contributed by atoms with Crippen LogP contribution in [0.5, 0.6) is 5.75 Å². The molecule has 0 radical (unpaired) electrons. The number of benzene rings is 1. The highest BCUT2D eigenvalue weighted by Gasteiger charge is 2.20. The fourth-order valence-electron chi connectivity index (χ4n) is 2.77. The van der Waals surface area contributed by atoms with E-state index in [1.807, 2.05) is 0 Å². The number of ether oxygens (including phenoxy) is 1. The monoisotopic (exact) mass is 281 g/mol. The lowest BCUT2D eigenvalue weighted by atomic mass is 10.1. The summed E-state index contributed by atoms with van der Waals surface area (Å²) >= 11 is 0. The maximum atomic E-state index is 13.3. The first-order valence-electron chi connectivity index (χ1n) is 7.41. The number of nitrogens with one attached hydrogen (secondary N) is 1. The second kappa shape index (κ2) is 7.60. The molecule has 3 atom stereocenters. The van der Waals surface area contributed by atoms with Gasteiger partial charge in [0.1, 0.15) is 12.7 Å². The number of aliphatic hydroxyl groups is 1. The normalized spacial score (nSPS) is 23.8. The SMILES string of the molecule is CC1CCC(CNCC(O)COc2ccccc2F)C1. The van der Waals surface area contributed by atoms with E-state index in [0.29, 0.717) is 6.54 Å². The van der Waals surface area contributed by atoms with Crippen LogP contribution in [-0.4, -0.2) is 30.9 Å². The van der Waals surface area contributed by atoms with Crippen molar-refractivity contribution in [2.24, 2.45) is 11.8 Å². The van der Waals surface area contributed by atoms with Crippen LogP contribution < -0.4 is 10.1 Å². The van der Waals surface area contributed by atoms with Crippen molar-refractivity contribution in [3.63, 3.8) is 0 Å². The molecule has 0 amide bonds.